The first-order valence-corrected chi connectivity index (χ1v) is 9.05. The second kappa shape index (κ2) is 6.70. The van der Waals surface area contributed by atoms with Crippen molar-refractivity contribution in [1.82, 2.24) is 9.62 Å². The van der Waals surface area contributed by atoms with E-state index in [0.29, 0.717) is 36.8 Å². The molecule has 0 amide bonds. The van der Waals surface area contributed by atoms with Crippen molar-refractivity contribution >= 4 is 10.0 Å². The first-order valence-electron chi connectivity index (χ1n) is 7.61. The van der Waals surface area contributed by atoms with E-state index in [0.717, 1.165) is 11.3 Å². The maximum Gasteiger partial charge on any atom is 0.243 e. The zero-order valence-corrected chi connectivity index (χ0v) is 13.8. The Kier molecular flexibility index (Phi) is 4.66. The van der Waals surface area contributed by atoms with E-state index < -0.39 is 10.0 Å². The summed E-state index contributed by atoms with van der Waals surface area (Å²) in [6, 6.07) is 14.3. The predicted molar refractivity (Wildman–Crippen MR) is 89.3 cm³/mol. The van der Waals surface area contributed by atoms with Gasteiger partial charge in [-0.05, 0) is 48.9 Å². The molecule has 1 aliphatic heterocycles. The molecule has 0 bridgehead atoms. The summed E-state index contributed by atoms with van der Waals surface area (Å²) in [5.74, 6) is 1.36. The molecular weight excluding hydrogens is 312 g/mol. The molecule has 1 saturated heterocycles. The van der Waals surface area contributed by atoms with E-state index in [1.54, 1.807) is 24.3 Å². The van der Waals surface area contributed by atoms with Crippen molar-refractivity contribution in [2.75, 3.05) is 26.2 Å². The minimum Gasteiger partial charge on any atom is -0.457 e. The lowest BCUT2D eigenvalue weighted by atomic mass is 10.2. The van der Waals surface area contributed by atoms with Crippen LogP contribution in [0.3, 0.4) is 0 Å². The Hall–Kier alpha value is -1.89. The van der Waals surface area contributed by atoms with E-state index in [4.69, 9.17) is 4.74 Å². The number of hydrogen-bond donors (Lipinski definition) is 1. The van der Waals surface area contributed by atoms with Crippen LogP contribution in [0.4, 0.5) is 0 Å². The van der Waals surface area contributed by atoms with E-state index in [9.17, 15) is 8.42 Å². The number of benzene rings is 2. The molecule has 2 aromatic rings. The molecule has 0 radical (unpaired) electrons. The molecule has 0 aromatic heterocycles. The van der Waals surface area contributed by atoms with Crippen molar-refractivity contribution < 1.29 is 13.2 Å². The van der Waals surface area contributed by atoms with Gasteiger partial charge in [-0.25, -0.2) is 8.42 Å². The van der Waals surface area contributed by atoms with Gasteiger partial charge in [0.15, 0.2) is 0 Å². The summed E-state index contributed by atoms with van der Waals surface area (Å²) >= 11 is 0. The Labute approximate surface area is 136 Å². The molecule has 23 heavy (non-hydrogen) atoms. The van der Waals surface area contributed by atoms with Gasteiger partial charge < -0.3 is 10.1 Å². The number of hydrogen-bond acceptors (Lipinski definition) is 4. The average molecular weight is 332 g/mol. The Bertz CT molecular complexity index is 767. The first kappa shape index (κ1) is 16.0. The third-order valence-corrected chi connectivity index (χ3v) is 5.68. The molecule has 6 heteroatoms. The van der Waals surface area contributed by atoms with Crippen LogP contribution < -0.4 is 10.1 Å². The molecule has 1 aliphatic rings. The molecular formula is C17H20N2O3S. The topological polar surface area (TPSA) is 58.6 Å². The zero-order valence-electron chi connectivity index (χ0n) is 13.0. The van der Waals surface area contributed by atoms with E-state index >= 15 is 0 Å². The van der Waals surface area contributed by atoms with Crippen molar-refractivity contribution in [1.29, 1.82) is 0 Å². The number of nitrogens with one attached hydrogen (secondary N) is 1. The first-order chi connectivity index (χ1) is 11.1. The van der Waals surface area contributed by atoms with Crippen LogP contribution in [0.15, 0.2) is 53.4 Å². The summed E-state index contributed by atoms with van der Waals surface area (Å²) in [4.78, 5) is 0.302. The van der Waals surface area contributed by atoms with Crippen LogP contribution in [-0.2, 0) is 10.0 Å². The summed E-state index contributed by atoms with van der Waals surface area (Å²) in [6.07, 6.45) is 0. The Morgan fingerprint density at radius 2 is 1.70 bits per heavy atom. The van der Waals surface area contributed by atoms with Gasteiger partial charge in [0, 0.05) is 26.2 Å². The summed E-state index contributed by atoms with van der Waals surface area (Å²) in [5, 5.41) is 3.15. The highest BCUT2D eigenvalue weighted by molar-refractivity contribution is 7.89. The fraction of sp³-hybridized carbons (Fsp3) is 0.294. The molecule has 5 nitrogen and oxygen atoms in total. The molecule has 1 fully saturated rings. The predicted octanol–water partition coefficient (Wildman–Crippen LogP) is 2.38. The molecule has 122 valence electrons. The van der Waals surface area contributed by atoms with E-state index in [-0.39, 0.29) is 0 Å². The lowest BCUT2D eigenvalue weighted by Crippen LogP contribution is -2.46. The highest BCUT2D eigenvalue weighted by atomic mass is 32.2. The zero-order chi connectivity index (χ0) is 16.3. The molecule has 1 heterocycles. The van der Waals surface area contributed by atoms with Gasteiger partial charge in [-0.15, -0.1) is 0 Å². The van der Waals surface area contributed by atoms with Crippen molar-refractivity contribution in [3.63, 3.8) is 0 Å². The van der Waals surface area contributed by atoms with Crippen molar-refractivity contribution in [3.8, 4) is 11.5 Å². The highest BCUT2D eigenvalue weighted by Gasteiger charge is 2.25. The second-order valence-electron chi connectivity index (χ2n) is 5.54. The maximum absolute atomic E-state index is 12.6. The minimum absolute atomic E-state index is 0.302. The summed E-state index contributed by atoms with van der Waals surface area (Å²) in [7, 11) is -3.42. The molecule has 2 aromatic carbocycles. The summed E-state index contributed by atoms with van der Waals surface area (Å²) in [5.41, 5.74) is 1.11. The van der Waals surface area contributed by atoms with Gasteiger partial charge in [0.2, 0.25) is 10.0 Å². The van der Waals surface area contributed by atoms with Crippen molar-refractivity contribution in [3.05, 3.63) is 54.1 Å². The van der Waals surface area contributed by atoms with Gasteiger partial charge >= 0.3 is 0 Å². The van der Waals surface area contributed by atoms with E-state index in [1.807, 2.05) is 31.2 Å². The Morgan fingerprint density at radius 3 is 2.35 bits per heavy atom. The van der Waals surface area contributed by atoms with Crippen molar-refractivity contribution in [2.45, 2.75) is 11.8 Å². The summed E-state index contributed by atoms with van der Waals surface area (Å²) < 4.78 is 32.4. The third kappa shape index (κ3) is 3.72. The number of sulfonamides is 1. The molecule has 0 aliphatic carbocycles. The largest absolute Gasteiger partial charge is 0.457 e. The number of piperazine rings is 1. The number of rotatable bonds is 4. The third-order valence-electron chi connectivity index (χ3n) is 3.76. The fourth-order valence-electron chi connectivity index (χ4n) is 2.53. The fourth-order valence-corrected chi connectivity index (χ4v) is 3.97. The molecule has 1 N–H and O–H groups in total. The second-order valence-corrected chi connectivity index (χ2v) is 7.48. The lowest BCUT2D eigenvalue weighted by molar-refractivity contribution is 0.360. The molecule has 0 unspecified atom stereocenters. The van der Waals surface area contributed by atoms with Crippen LogP contribution in [0.5, 0.6) is 11.5 Å². The molecule has 3 rings (SSSR count). The number of nitrogens with zero attached hydrogens (tertiary/aromatic N) is 1. The minimum atomic E-state index is -3.42. The highest BCUT2D eigenvalue weighted by Crippen LogP contribution is 2.24. The SMILES string of the molecule is Cc1cccc(Oc2ccc(S(=O)(=O)N3CCNCC3)cc2)c1. The van der Waals surface area contributed by atoms with E-state index in [2.05, 4.69) is 5.32 Å². The summed E-state index contributed by atoms with van der Waals surface area (Å²) in [6.45, 7) is 4.38. The van der Waals surface area contributed by atoms with Gasteiger partial charge in [-0.1, -0.05) is 12.1 Å². The van der Waals surface area contributed by atoms with Gasteiger partial charge in [0.25, 0.3) is 0 Å². The lowest BCUT2D eigenvalue weighted by Gasteiger charge is -2.26. The maximum atomic E-state index is 12.6. The molecule has 0 saturated carbocycles. The Morgan fingerprint density at radius 1 is 1.00 bits per heavy atom. The van der Waals surface area contributed by atoms with Crippen molar-refractivity contribution in [2.24, 2.45) is 0 Å². The quantitative estimate of drug-likeness (QED) is 0.934. The van der Waals surface area contributed by atoms with Crippen LogP contribution in [0.25, 0.3) is 0 Å². The monoisotopic (exact) mass is 332 g/mol. The van der Waals surface area contributed by atoms with Crippen LogP contribution in [-0.4, -0.2) is 38.9 Å². The van der Waals surface area contributed by atoms with E-state index in [1.165, 1.54) is 4.31 Å². The number of aryl methyl sites for hydroxylation is 1. The standard InChI is InChI=1S/C17H20N2O3S/c1-14-3-2-4-16(13-14)22-15-5-7-17(8-6-15)23(20,21)19-11-9-18-10-12-19/h2-8,13,18H,9-12H2,1H3. The number of ether oxygens (including phenoxy) is 1. The van der Waals surface area contributed by atoms with Gasteiger partial charge in [0.05, 0.1) is 4.90 Å². The van der Waals surface area contributed by atoms with Crippen LogP contribution in [0.1, 0.15) is 5.56 Å². The van der Waals surface area contributed by atoms with Crippen LogP contribution in [0.2, 0.25) is 0 Å². The van der Waals surface area contributed by atoms with Crippen LogP contribution in [0, 0.1) is 6.92 Å². The normalized spacial score (nSPS) is 16.2. The van der Waals surface area contributed by atoms with Gasteiger partial charge in [0.1, 0.15) is 11.5 Å². The smallest absolute Gasteiger partial charge is 0.243 e. The van der Waals surface area contributed by atoms with Crippen LogP contribution >= 0.6 is 0 Å². The molecule has 0 atom stereocenters. The molecule has 0 spiro atoms. The Balaban J connectivity index is 1.76. The van der Waals surface area contributed by atoms with Gasteiger partial charge in [-0.2, -0.15) is 4.31 Å². The van der Waals surface area contributed by atoms with Gasteiger partial charge in [-0.3, -0.25) is 0 Å². The average Bonchev–Trinajstić information content (AvgIpc) is 2.56.